The molecular weight excluding hydrogens is 186 g/mol. The molecule has 0 aromatic rings. The highest BCUT2D eigenvalue weighted by atomic mass is 32.2. The van der Waals surface area contributed by atoms with E-state index in [2.05, 4.69) is 0 Å². The molecule has 0 aromatic heterocycles. The van der Waals surface area contributed by atoms with Crippen LogP contribution in [0.5, 0.6) is 0 Å². The van der Waals surface area contributed by atoms with Gasteiger partial charge in [0.05, 0.1) is 6.26 Å². The Kier molecular flexibility index (Phi) is 7.55. The lowest BCUT2D eigenvalue weighted by molar-refractivity contribution is 0.318. The molecule has 0 fully saturated rings. The summed E-state index contributed by atoms with van der Waals surface area (Å²) in [5.41, 5.74) is 0. The van der Waals surface area contributed by atoms with E-state index < -0.39 is 10.0 Å². The molecule has 0 rings (SSSR count). The highest BCUT2D eigenvalue weighted by Crippen LogP contribution is 2.10. The van der Waals surface area contributed by atoms with Crippen LogP contribution in [0.4, 0.5) is 0 Å². The SMILES string of the molecule is CC.CC(C)[C@H](C)N(C)S(C)(=O)=O. The van der Waals surface area contributed by atoms with E-state index in [4.69, 9.17) is 0 Å². The molecule has 0 spiro atoms. The summed E-state index contributed by atoms with van der Waals surface area (Å²) in [5, 5.41) is 0. The van der Waals surface area contributed by atoms with Gasteiger partial charge in [-0.15, -0.1) is 0 Å². The van der Waals surface area contributed by atoms with Gasteiger partial charge in [0.2, 0.25) is 10.0 Å². The fourth-order valence-electron chi connectivity index (χ4n) is 0.722. The zero-order valence-electron chi connectivity index (χ0n) is 9.83. The number of hydrogen-bond acceptors (Lipinski definition) is 2. The molecule has 4 heteroatoms. The molecule has 0 bridgehead atoms. The second-order valence-corrected chi connectivity index (χ2v) is 5.31. The first-order chi connectivity index (χ1) is 5.76. The molecular formula is C9H23NO2S. The van der Waals surface area contributed by atoms with Crippen molar-refractivity contribution in [3.63, 3.8) is 0 Å². The van der Waals surface area contributed by atoms with E-state index in [9.17, 15) is 8.42 Å². The Morgan fingerprint density at radius 1 is 1.08 bits per heavy atom. The van der Waals surface area contributed by atoms with Crippen LogP contribution in [0, 0.1) is 5.92 Å². The molecule has 0 N–H and O–H groups in total. The third-order valence-corrected chi connectivity index (χ3v) is 3.44. The smallest absolute Gasteiger partial charge is 0.211 e. The van der Waals surface area contributed by atoms with Gasteiger partial charge in [-0.2, -0.15) is 0 Å². The van der Waals surface area contributed by atoms with Gasteiger partial charge in [0.15, 0.2) is 0 Å². The molecule has 0 aliphatic rings. The normalized spacial score (nSPS) is 13.9. The van der Waals surface area contributed by atoms with E-state index in [1.165, 1.54) is 10.6 Å². The van der Waals surface area contributed by atoms with Gasteiger partial charge in [-0.25, -0.2) is 12.7 Å². The molecule has 82 valence electrons. The predicted molar refractivity (Wildman–Crippen MR) is 58.3 cm³/mol. The van der Waals surface area contributed by atoms with Crippen molar-refractivity contribution in [1.29, 1.82) is 0 Å². The molecule has 0 heterocycles. The molecule has 13 heavy (non-hydrogen) atoms. The first-order valence-corrected chi connectivity index (χ1v) is 6.54. The van der Waals surface area contributed by atoms with Crippen molar-refractivity contribution < 1.29 is 8.42 Å². The van der Waals surface area contributed by atoms with Crippen molar-refractivity contribution in [2.75, 3.05) is 13.3 Å². The fourth-order valence-corrected chi connectivity index (χ4v) is 1.57. The second kappa shape index (κ2) is 6.38. The Hall–Kier alpha value is -0.0900. The van der Waals surface area contributed by atoms with Crippen LogP contribution in [0.1, 0.15) is 34.6 Å². The lowest BCUT2D eigenvalue weighted by Gasteiger charge is -2.25. The number of nitrogens with zero attached hydrogens (tertiary/aromatic N) is 1. The lowest BCUT2D eigenvalue weighted by Crippen LogP contribution is -2.37. The average molecular weight is 209 g/mol. The minimum absolute atomic E-state index is 0.0741. The van der Waals surface area contributed by atoms with E-state index in [0.717, 1.165) is 0 Å². The zero-order valence-corrected chi connectivity index (χ0v) is 10.6. The van der Waals surface area contributed by atoms with Gasteiger partial charge < -0.3 is 0 Å². The van der Waals surface area contributed by atoms with Crippen molar-refractivity contribution in [3.05, 3.63) is 0 Å². The summed E-state index contributed by atoms with van der Waals surface area (Å²) in [7, 11) is -1.40. The number of rotatable bonds is 3. The Labute approximate surface area is 83.2 Å². The van der Waals surface area contributed by atoms with Crippen molar-refractivity contribution in [3.8, 4) is 0 Å². The van der Waals surface area contributed by atoms with Gasteiger partial charge in [0.25, 0.3) is 0 Å². The Morgan fingerprint density at radius 2 is 1.38 bits per heavy atom. The molecule has 0 unspecified atom stereocenters. The molecule has 0 aliphatic heterocycles. The van der Waals surface area contributed by atoms with Crippen LogP contribution < -0.4 is 0 Å². The highest BCUT2D eigenvalue weighted by Gasteiger charge is 2.20. The summed E-state index contributed by atoms with van der Waals surface area (Å²) >= 11 is 0. The van der Waals surface area contributed by atoms with E-state index in [1.807, 2.05) is 34.6 Å². The summed E-state index contributed by atoms with van der Waals surface area (Å²) in [6.07, 6.45) is 1.23. The van der Waals surface area contributed by atoms with E-state index >= 15 is 0 Å². The van der Waals surface area contributed by atoms with E-state index in [1.54, 1.807) is 7.05 Å². The topological polar surface area (TPSA) is 37.4 Å². The average Bonchev–Trinajstić information content (AvgIpc) is 2.03. The molecule has 0 saturated heterocycles. The first-order valence-electron chi connectivity index (χ1n) is 4.69. The molecule has 0 aliphatic carbocycles. The van der Waals surface area contributed by atoms with Gasteiger partial charge in [0.1, 0.15) is 0 Å². The van der Waals surface area contributed by atoms with Gasteiger partial charge in [-0.3, -0.25) is 0 Å². The van der Waals surface area contributed by atoms with Gasteiger partial charge in [0, 0.05) is 13.1 Å². The molecule has 0 aromatic carbocycles. The largest absolute Gasteiger partial charge is 0.213 e. The standard InChI is InChI=1S/C7H17NO2S.C2H6/c1-6(2)7(3)8(4)11(5,9)10;1-2/h6-7H,1-5H3;1-2H3/t7-;/m0./s1. The Bertz CT molecular complexity index is 210. The van der Waals surface area contributed by atoms with Crippen LogP contribution in [-0.2, 0) is 10.0 Å². The summed E-state index contributed by atoms with van der Waals surface area (Å²) in [4.78, 5) is 0. The highest BCUT2D eigenvalue weighted by molar-refractivity contribution is 7.88. The van der Waals surface area contributed by atoms with Gasteiger partial charge >= 0.3 is 0 Å². The van der Waals surface area contributed by atoms with Gasteiger partial charge in [-0.05, 0) is 12.8 Å². The summed E-state index contributed by atoms with van der Waals surface area (Å²) < 4.78 is 23.4. The predicted octanol–water partition coefficient (Wildman–Crippen LogP) is 1.95. The van der Waals surface area contributed by atoms with E-state index in [0.29, 0.717) is 5.92 Å². The van der Waals surface area contributed by atoms with Crippen LogP contribution >= 0.6 is 0 Å². The van der Waals surface area contributed by atoms with Crippen LogP contribution in [-0.4, -0.2) is 32.1 Å². The number of sulfonamides is 1. The molecule has 1 atom stereocenters. The van der Waals surface area contributed by atoms with Crippen molar-refractivity contribution in [2.45, 2.75) is 40.7 Å². The fraction of sp³-hybridized carbons (Fsp3) is 1.00. The van der Waals surface area contributed by atoms with Crippen LogP contribution in [0.15, 0.2) is 0 Å². The minimum atomic E-state index is -3.01. The quantitative estimate of drug-likeness (QED) is 0.712. The van der Waals surface area contributed by atoms with E-state index in [-0.39, 0.29) is 6.04 Å². The Balaban J connectivity index is 0. The van der Waals surface area contributed by atoms with Crippen molar-refractivity contribution >= 4 is 10.0 Å². The van der Waals surface area contributed by atoms with Gasteiger partial charge in [-0.1, -0.05) is 27.7 Å². The number of hydrogen-bond donors (Lipinski definition) is 0. The summed E-state index contributed by atoms with van der Waals surface area (Å²) in [5.74, 6) is 0.356. The molecule has 0 saturated carbocycles. The van der Waals surface area contributed by atoms with Crippen LogP contribution in [0.25, 0.3) is 0 Å². The van der Waals surface area contributed by atoms with Crippen molar-refractivity contribution in [2.24, 2.45) is 5.92 Å². The molecule has 0 radical (unpaired) electrons. The Morgan fingerprint density at radius 3 is 1.46 bits per heavy atom. The third-order valence-electron chi connectivity index (χ3n) is 2.06. The molecule has 3 nitrogen and oxygen atoms in total. The van der Waals surface area contributed by atoms with Crippen LogP contribution in [0.2, 0.25) is 0 Å². The zero-order chi connectivity index (χ0) is 11.2. The van der Waals surface area contributed by atoms with Crippen molar-refractivity contribution in [1.82, 2.24) is 4.31 Å². The second-order valence-electron chi connectivity index (χ2n) is 3.26. The maximum absolute atomic E-state index is 11.0. The lowest BCUT2D eigenvalue weighted by atomic mass is 10.1. The summed E-state index contributed by atoms with van der Waals surface area (Å²) in [6, 6.07) is 0.0741. The van der Waals surface area contributed by atoms with Crippen LogP contribution in [0.3, 0.4) is 0 Å². The third kappa shape index (κ3) is 6.05. The minimum Gasteiger partial charge on any atom is -0.213 e. The first kappa shape index (κ1) is 15.4. The molecule has 0 amide bonds. The maximum atomic E-state index is 11.0. The summed E-state index contributed by atoms with van der Waals surface area (Å²) in [6.45, 7) is 9.92. The maximum Gasteiger partial charge on any atom is 0.211 e. The monoisotopic (exact) mass is 209 g/mol.